The average Bonchev–Trinajstić information content (AvgIpc) is 2.43. The van der Waals surface area contributed by atoms with E-state index in [9.17, 15) is 4.79 Å². The van der Waals surface area contributed by atoms with E-state index >= 15 is 0 Å². The van der Waals surface area contributed by atoms with Gasteiger partial charge in [0.05, 0.1) is 11.4 Å². The van der Waals surface area contributed by atoms with Crippen LogP contribution in [0.3, 0.4) is 0 Å². The molecule has 5 heteroatoms. The van der Waals surface area contributed by atoms with Gasteiger partial charge in [0.25, 0.3) is 0 Å². The molecule has 3 aliphatic rings. The van der Waals surface area contributed by atoms with Gasteiger partial charge in [-0.05, 0) is 51.4 Å². The van der Waals surface area contributed by atoms with Crippen molar-refractivity contribution in [3.05, 3.63) is 0 Å². The Labute approximate surface area is 130 Å². The van der Waals surface area contributed by atoms with Gasteiger partial charge in [-0.15, -0.1) is 23.2 Å². The molecule has 3 rings (SSSR count). The topological polar surface area (TPSA) is 41.5 Å². The third kappa shape index (κ3) is 2.00. The fourth-order valence-electron chi connectivity index (χ4n) is 4.78. The number of aliphatic imine (C=N–C) groups is 1. The third-order valence-corrected chi connectivity index (χ3v) is 6.52. The quantitative estimate of drug-likeness (QED) is 0.799. The Balaban J connectivity index is 2.01. The molecule has 0 aromatic heterocycles. The minimum absolute atomic E-state index is 0.0174. The molecule has 3 bridgehead atoms. The van der Waals surface area contributed by atoms with Gasteiger partial charge in [-0.1, -0.05) is 0 Å². The zero-order valence-electron chi connectivity index (χ0n) is 12.1. The Hall–Kier alpha value is -0.280. The van der Waals surface area contributed by atoms with E-state index in [1.807, 2.05) is 0 Å². The fourth-order valence-corrected chi connectivity index (χ4v) is 5.09. The van der Waals surface area contributed by atoms with Crippen LogP contribution in [0.5, 0.6) is 0 Å². The standard InChI is InChI=1S/C15H22Cl2N2O/c1-14-4-3-9-5-10(14)6-11(12(7-16)18-14)15(9,2)19-13(20)8-17/h9-11H,3-8H2,1-2H3,(H,19,20)/t9?,10?,11?,14-,15+/m1/s1. The van der Waals surface area contributed by atoms with Crippen LogP contribution in [0.4, 0.5) is 0 Å². The van der Waals surface area contributed by atoms with Crippen LogP contribution in [0.25, 0.3) is 0 Å². The molecule has 2 fully saturated rings. The first kappa shape index (κ1) is 14.6. The summed E-state index contributed by atoms with van der Waals surface area (Å²) in [5.41, 5.74) is 0.916. The summed E-state index contributed by atoms with van der Waals surface area (Å²) in [4.78, 5) is 16.9. The lowest BCUT2D eigenvalue weighted by Crippen LogP contribution is -2.67. The maximum absolute atomic E-state index is 11.9. The minimum atomic E-state index is -0.238. The first-order valence-corrected chi connectivity index (χ1v) is 8.51. The molecule has 0 aromatic rings. The van der Waals surface area contributed by atoms with Crippen molar-refractivity contribution in [3.8, 4) is 0 Å². The van der Waals surface area contributed by atoms with Crippen LogP contribution in [-0.2, 0) is 4.79 Å². The number of nitrogens with one attached hydrogen (secondary N) is 1. The van der Waals surface area contributed by atoms with Crippen LogP contribution in [0.2, 0.25) is 0 Å². The van der Waals surface area contributed by atoms with Gasteiger partial charge >= 0.3 is 0 Å². The zero-order chi connectivity index (χ0) is 14.5. The summed E-state index contributed by atoms with van der Waals surface area (Å²) < 4.78 is 0. The van der Waals surface area contributed by atoms with Gasteiger partial charge in [0.1, 0.15) is 5.88 Å². The van der Waals surface area contributed by atoms with Gasteiger partial charge in [0.2, 0.25) is 5.91 Å². The van der Waals surface area contributed by atoms with Crippen molar-refractivity contribution in [1.82, 2.24) is 5.32 Å². The van der Waals surface area contributed by atoms with Crippen molar-refractivity contribution >= 4 is 34.8 Å². The van der Waals surface area contributed by atoms with E-state index in [4.69, 9.17) is 28.2 Å². The molecule has 1 aliphatic heterocycles. The second kappa shape index (κ2) is 4.88. The van der Waals surface area contributed by atoms with Crippen LogP contribution in [0.15, 0.2) is 4.99 Å². The van der Waals surface area contributed by atoms with Crippen LogP contribution in [0.1, 0.15) is 39.5 Å². The highest BCUT2D eigenvalue weighted by molar-refractivity contribution is 6.29. The van der Waals surface area contributed by atoms with E-state index < -0.39 is 0 Å². The van der Waals surface area contributed by atoms with Crippen molar-refractivity contribution in [2.24, 2.45) is 22.7 Å². The Bertz CT molecular complexity index is 467. The Morgan fingerprint density at radius 1 is 1.35 bits per heavy atom. The molecular weight excluding hydrogens is 295 g/mol. The number of carbonyl (C=O) groups is 1. The SMILES string of the molecule is C[C@]1(NC(=O)CCl)C2CC[C@@]3(C)N=C(CCl)C1CC3C2. The van der Waals surface area contributed by atoms with E-state index in [1.54, 1.807) is 0 Å². The number of fused-ring (bicyclic) bond motifs is 2. The predicted octanol–water partition coefficient (Wildman–Crippen LogP) is 2.99. The molecule has 2 aliphatic carbocycles. The normalized spacial score (nSPS) is 46.0. The number of alkyl halides is 2. The molecular formula is C15H22Cl2N2O. The van der Waals surface area contributed by atoms with E-state index in [0.717, 1.165) is 31.4 Å². The second-order valence-electron chi connectivity index (χ2n) is 7.01. The van der Waals surface area contributed by atoms with Crippen molar-refractivity contribution in [3.63, 3.8) is 0 Å². The summed E-state index contributed by atoms with van der Waals surface area (Å²) in [5.74, 6) is 1.82. The Morgan fingerprint density at radius 3 is 2.75 bits per heavy atom. The molecule has 112 valence electrons. The lowest BCUT2D eigenvalue weighted by atomic mass is 9.51. The van der Waals surface area contributed by atoms with Crippen molar-refractivity contribution < 1.29 is 4.79 Å². The van der Waals surface area contributed by atoms with E-state index in [0.29, 0.717) is 17.7 Å². The monoisotopic (exact) mass is 316 g/mol. The summed E-state index contributed by atoms with van der Waals surface area (Å²) in [6.07, 6.45) is 4.48. The molecule has 1 N–H and O–H groups in total. The fraction of sp³-hybridized carbons (Fsp3) is 0.867. The van der Waals surface area contributed by atoms with Crippen molar-refractivity contribution in [1.29, 1.82) is 0 Å². The summed E-state index contributed by atoms with van der Waals surface area (Å²) in [5, 5.41) is 3.19. The van der Waals surface area contributed by atoms with Gasteiger partial charge in [-0.3, -0.25) is 9.79 Å². The summed E-state index contributed by atoms with van der Waals surface area (Å²) in [6, 6.07) is 0. The zero-order valence-corrected chi connectivity index (χ0v) is 13.6. The number of carbonyl (C=O) groups excluding carboxylic acids is 1. The molecule has 0 aromatic carbocycles. The molecule has 0 saturated heterocycles. The molecule has 3 nitrogen and oxygen atoms in total. The van der Waals surface area contributed by atoms with Crippen LogP contribution < -0.4 is 5.32 Å². The number of nitrogens with zero attached hydrogens (tertiary/aromatic N) is 1. The van der Waals surface area contributed by atoms with Crippen molar-refractivity contribution in [2.45, 2.75) is 50.6 Å². The van der Waals surface area contributed by atoms with E-state index in [1.165, 1.54) is 0 Å². The van der Waals surface area contributed by atoms with Gasteiger partial charge < -0.3 is 5.32 Å². The van der Waals surface area contributed by atoms with Gasteiger partial charge in [-0.2, -0.15) is 0 Å². The molecule has 2 saturated carbocycles. The van der Waals surface area contributed by atoms with Crippen LogP contribution >= 0.6 is 23.2 Å². The van der Waals surface area contributed by atoms with Crippen LogP contribution in [-0.4, -0.2) is 34.5 Å². The summed E-state index contributed by atoms with van der Waals surface area (Å²) in [7, 11) is 0. The molecule has 1 heterocycles. The first-order chi connectivity index (χ1) is 9.43. The molecule has 0 spiro atoms. The predicted molar refractivity (Wildman–Crippen MR) is 82.8 cm³/mol. The first-order valence-electron chi connectivity index (χ1n) is 7.44. The van der Waals surface area contributed by atoms with Gasteiger partial charge in [-0.25, -0.2) is 0 Å². The highest BCUT2D eigenvalue weighted by atomic mass is 35.5. The maximum atomic E-state index is 11.9. The van der Waals surface area contributed by atoms with E-state index in [2.05, 4.69) is 19.2 Å². The lowest BCUT2D eigenvalue weighted by Gasteiger charge is -2.60. The maximum Gasteiger partial charge on any atom is 0.235 e. The molecule has 20 heavy (non-hydrogen) atoms. The summed E-state index contributed by atoms with van der Waals surface area (Å²) in [6.45, 7) is 4.44. The second-order valence-corrected chi connectivity index (χ2v) is 7.55. The number of halogens is 2. The number of rotatable bonds is 3. The third-order valence-electron chi connectivity index (χ3n) is 6.01. The Morgan fingerprint density at radius 2 is 2.10 bits per heavy atom. The van der Waals surface area contributed by atoms with Crippen molar-refractivity contribution in [2.75, 3.05) is 11.8 Å². The molecule has 3 unspecified atom stereocenters. The highest BCUT2D eigenvalue weighted by Crippen LogP contribution is 2.56. The number of amides is 1. The minimum Gasteiger partial charge on any atom is -0.349 e. The molecule has 0 radical (unpaired) electrons. The lowest BCUT2D eigenvalue weighted by molar-refractivity contribution is -0.123. The summed E-state index contributed by atoms with van der Waals surface area (Å²) >= 11 is 11.8. The highest BCUT2D eigenvalue weighted by Gasteiger charge is 2.58. The average molecular weight is 317 g/mol. The molecule has 1 amide bonds. The largest absolute Gasteiger partial charge is 0.349 e. The van der Waals surface area contributed by atoms with Gasteiger partial charge in [0, 0.05) is 17.2 Å². The van der Waals surface area contributed by atoms with Gasteiger partial charge in [0.15, 0.2) is 0 Å². The number of hydrogen-bond donors (Lipinski definition) is 1. The van der Waals surface area contributed by atoms with E-state index in [-0.39, 0.29) is 28.8 Å². The molecule has 5 atom stereocenters. The smallest absolute Gasteiger partial charge is 0.235 e. The number of hydrogen-bond acceptors (Lipinski definition) is 2. The van der Waals surface area contributed by atoms with Crippen LogP contribution in [0, 0.1) is 17.8 Å². The Kier molecular flexibility index (Phi) is 3.57.